The molecule has 22 heavy (non-hydrogen) atoms. The van der Waals surface area contributed by atoms with E-state index in [1.807, 2.05) is 31.2 Å². The molecule has 3 N–H and O–H groups in total. The quantitative estimate of drug-likeness (QED) is 0.638. The van der Waals surface area contributed by atoms with Gasteiger partial charge in [-0.05, 0) is 49.4 Å². The fourth-order valence-corrected chi connectivity index (χ4v) is 2.86. The molecule has 1 amide bonds. The number of rotatable bonds is 5. The summed E-state index contributed by atoms with van der Waals surface area (Å²) in [5.74, 6) is 0.449. The average molecular weight is 337 g/mol. The smallest absolute Gasteiger partial charge is 0.237 e. The van der Waals surface area contributed by atoms with E-state index >= 15 is 0 Å². The predicted octanol–water partition coefficient (Wildman–Crippen LogP) is 4.05. The third-order valence-electron chi connectivity index (χ3n) is 2.98. The Bertz CT molecular complexity index is 662. The molecule has 2 rings (SSSR count). The summed E-state index contributed by atoms with van der Waals surface area (Å²) >= 11 is 7.41. The number of hydrogen-bond acceptors (Lipinski definition) is 4. The number of hydrogen-bond donors (Lipinski definition) is 2. The molecule has 0 spiro atoms. The SMILES string of the molecule is COc1ccc(Cl)cc1NC(=O)[C@H](C)Sc1ccc(N)cc1. The van der Waals surface area contributed by atoms with E-state index in [9.17, 15) is 4.79 Å². The Hall–Kier alpha value is -1.85. The predicted molar refractivity (Wildman–Crippen MR) is 92.8 cm³/mol. The first-order valence-corrected chi connectivity index (χ1v) is 7.92. The van der Waals surface area contributed by atoms with Gasteiger partial charge in [0, 0.05) is 15.6 Å². The molecule has 2 aromatic carbocycles. The lowest BCUT2D eigenvalue weighted by atomic mass is 10.3. The summed E-state index contributed by atoms with van der Waals surface area (Å²) in [4.78, 5) is 13.3. The van der Waals surface area contributed by atoms with Gasteiger partial charge in [-0.25, -0.2) is 0 Å². The second-order valence-electron chi connectivity index (χ2n) is 4.66. The Labute approximate surface area is 139 Å². The van der Waals surface area contributed by atoms with Crippen LogP contribution in [0.5, 0.6) is 5.75 Å². The van der Waals surface area contributed by atoms with Crippen LogP contribution in [0.2, 0.25) is 5.02 Å². The summed E-state index contributed by atoms with van der Waals surface area (Å²) in [6.45, 7) is 1.84. The van der Waals surface area contributed by atoms with E-state index < -0.39 is 0 Å². The van der Waals surface area contributed by atoms with Gasteiger partial charge in [-0.1, -0.05) is 11.6 Å². The maximum absolute atomic E-state index is 12.3. The number of ether oxygens (including phenoxy) is 1. The van der Waals surface area contributed by atoms with Crippen molar-refractivity contribution in [1.82, 2.24) is 0 Å². The number of nitrogens with one attached hydrogen (secondary N) is 1. The van der Waals surface area contributed by atoms with E-state index in [4.69, 9.17) is 22.1 Å². The first-order valence-electron chi connectivity index (χ1n) is 6.66. The van der Waals surface area contributed by atoms with E-state index in [1.165, 1.54) is 11.8 Å². The Morgan fingerprint density at radius 2 is 1.95 bits per heavy atom. The van der Waals surface area contributed by atoms with Crippen molar-refractivity contribution in [2.75, 3.05) is 18.2 Å². The van der Waals surface area contributed by atoms with Gasteiger partial charge in [-0.15, -0.1) is 11.8 Å². The van der Waals surface area contributed by atoms with Crippen LogP contribution < -0.4 is 15.8 Å². The summed E-state index contributed by atoms with van der Waals surface area (Å²) in [6, 6.07) is 12.5. The minimum atomic E-state index is -0.271. The molecular formula is C16H17ClN2O2S. The highest BCUT2D eigenvalue weighted by Crippen LogP contribution is 2.30. The molecule has 116 valence electrons. The van der Waals surface area contributed by atoms with Gasteiger partial charge >= 0.3 is 0 Å². The Balaban J connectivity index is 2.05. The van der Waals surface area contributed by atoms with E-state index in [1.54, 1.807) is 25.3 Å². The molecule has 0 unspecified atom stereocenters. The minimum Gasteiger partial charge on any atom is -0.495 e. The van der Waals surface area contributed by atoms with Crippen molar-refractivity contribution in [3.8, 4) is 5.75 Å². The van der Waals surface area contributed by atoms with Crippen LogP contribution in [0, 0.1) is 0 Å². The van der Waals surface area contributed by atoms with E-state index in [2.05, 4.69) is 5.32 Å². The number of carbonyl (C=O) groups is 1. The molecule has 0 aliphatic carbocycles. The third-order valence-corrected chi connectivity index (χ3v) is 4.33. The number of anilines is 2. The number of thioether (sulfide) groups is 1. The molecule has 0 radical (unpaired) electrons. The molecule has 0 saturated heterocycles. The maximum Gasteiger partial charge on any atom is 0.237 e. The van der Waals surface area contributed by atoms with Gasteiger partial charge in [-0.2, -0.15) is 0 Å². The zero-order valence-electron chi connectivity index (χ0n) is 12.3. The molecular weight excluding hydrogens is 320 g/mol. The summed E-state index contributed by atoms with van der Waals surface area (Å²) in [6.07, 6.45) is 0. The molecule has 4 nitrogen and oxygen atoms in total. The number of nitrogen functional groups attached to an aromatic ring is 1. The molecule has 0 aliphatic rings. The van der Waals surface area contributed by atoms with Crippen LogP contribution in [0.3, 0.4) is 0 Å². The van der Waals surface area contributed by atoms with Gasteiger partial charge < -0.3 is 15.8 Å². The Morgan fingerprint density at radius 1 is 1.27 bits per heavy atom. The van der Waals surface area contributed by atoms with Crippen molar-refractivity contribution < 1.29 is 9.53 Å². The molecule has 0 heterocycles. The Kier molecular flexibility index (Phi) is 5.57. The standard InChI is InChI=1S/C16H17ClN2O2S/c1-10(22-13-6-4-12(18)5-7-13)16(20)19-14-9-11(17)3-8-15(14)21-2/h3-10H,18H2,1-2H3,(H,19,20)/t10-/m0/s1. The lowest BCUT2D eigenvalue weighted by molar-refractivity contribution is -0.115. The van der Waals surface area contributed by atoms with Crippen LogP contribution in [0.4, 0.5) is 11.4 Å². The van der Waals surface area contributed by atoms with E-state index in [0.717, 1.165) is 4.90 Å². The first-order chi connectivity index (χ1) is 10.5. The molecule has 0 aromatic heterocycles. The number of amides is 1. The van der Waals surface area contributed by atoms with Crippen LogP contribution >= 0.6 is 23.4 Å². The van der Waals surface area contributed by atoms with Gasteiger partial charge in [0.05, 0.1) is 18.0 Å². The highest BCUT2D eigenvalue weighted by Gasteiger charge is 2.16. The van der Waals surface area contributed by atoms with Crippen molar-refractivity contribution >= 4 is 40.6 Å². The molecule has 0 aliphatic heterocycles. The van der Waals surface area contributed by atoms with Crippen LogP contribution in [0.25, 0.3) is 0 Å². The second kappa shape index (κ2) is 7.42. The number of nitrogens with two attached hydrogens (primary N) is 1. The van der Waals surface area contributed by atoms with Crippen LogP contribution in [-0.2, 0) is 4.79 Å². The first kappa shape index (κ1) is 16.5. The van der Waals surface area contributed by atoms with Crippen molar-refractivity contribution in [2.45, 2.75) is 17.1 Å². The molecule has 2 aromatic rings. The van der Waals surface area contributed by atoms with Gasteiger partial charge in [0.25, 0.3) is 0 Å². The Morgan fingerprint density at radius 3 is 2.59 bits per heavy atom. The fraction of sp³-hybridized carbons (Fsp3) is 0.188. The van der Waals surface area contributed by atoms with E-state index in [0.29, 0.717) is 22.1 Å². The molecule has 0 fully saturated rings. The van der Waals surface area contributed by atoms with Gasteiger partial charge in [0.15, 0.2) is 0 Å². The highest BCUT2D eigenvalue weighted by atomic mass is 35.5. The third kappa shape index (κ3) is 4.32. The van der Waals surface area contributed by atoms with Crippen LogP contribution in [-0.4, -0.2) is 18.3 Å². The van der Waals surface area contributed by atoms with E-state index in [-0.39, 0.29) is 11.2 Å². The van der Waals surface area contributed by atoms with Crippen molar-refractivity contribution in [1.29, 1.82) is 0 Å². The summed E-state index contributed by atoms with van der Waals surface area (Å²) in [5.41, 5.74) is 6.91. The molecule has 0 saturated carbocycles. The lowest BCUT2D eigenvalue weighted by Gasteiger charge is -2.14. The monoisotopic (exact) mass is 336 g/mol. The maximum atomic E-state index is 12.3. The summed E-state index contributed by atoms with van der Waals surface area (Å²) in [5, 5.41) is 3.11. The largest absolute Gasteiger partial charge is 0.495 e. The van der Waals surface area contributed by atoms with Gasteiger partial charge in [-0.3, -0.25) is 4.79 Å². The fourth-order valence-electron chi connectivity index (χ4n) is 1.82. The summed E-state index contributed by atoms with van der Waals surface area (Å²) < 4.78 is 5.22. The van der Waals surface area contributed by atoms with Gasteiger partial charge in [0.2, 0.25) is 5.91 Å². The lowest BCUT2D eigenvalue weighted by Crippen LogP contribution is -2.22. The average Bonchev–Trinajstić information content (AvgIpc) is 2.49. The highest BCUT2D eigenvalue weighted by molar-refractivity contribution is 8.00. The van der Waals surface area contributed by atoms with Gasteiger partial charge in [0.1, 0.15) is 5.75 Å². The number of methoxy groups -OCH3 is 1. The molecule has 0 bridgehead atoms. The number of benzene rings is 2. The van der Waals surface area contributed by atoms with Crippen LogP contribution in [0.1, 0.15) is 6.92 Å². The van der Waals surface area contributed by atoms with Crippen molar-refractivity contribution in [3.05, 3.63) is 47.5 Å². The minimum absolute atomic E-state index is 0.123. The zero-order valence-corrected chi connectivity index (χ0v) is 13.9. The molecule has 6 heteroatoms. The zero-order chi connectivity index (χ0) is 16.1. The second-order valence-corrected chi connectivity index (χ2v) is 6.51. The van der Waals surface area contributed by atoms with Crippen molar-refractivity contribution in [2.24, 2.45) is 0 Å². The normalized spacial score (nSPS) is 11.8. The number of halogens is 1. The number of carbonyl (C=O) groups excluding carboxylic acids is 1. The topological polar surface area (TPSA) is 64.3 Å². The molecule has 1 atom stereocenters. The summed E-state index contributed by atoms with van der Waals surface area (Å²) in [7, 11) is 1.55. The van der Waals surface area contributed by atoms with Crippen molar-refractivity contribution in [3.63, 3.8) is 0 Å². The van der Waals surface area contributed by atoms with Crippen LogP contribution in [0.15, 0.2) is 47.4 Å².